The monoisotopic (exact) mass is 270 g/mol. The molecule has 0 unspecified atom stereocenters. The first-order valence-corrected chi connectivity index (χ1v) is 5.56. The number of thiol groups is 1. The molecule has 0 aromatic heterocycles. The Kier molecular flexibility index (Phi) is 3.81. The summed E-state index contributed by atoms with van der Waals surface area (Å²) in [4.78, 5) is 0.443. The summed E-state index contributed by atoms with van der Waals surface area (Å²) < 4.78 is 44.2. The predicted octanol–water partition coefficient (Wildman–Crippen LogP) is 3.97. The normalized spacial score (nSPS) is 10.4. The van der Waals surface area contributed by atoms with Crippen LogP contribution in [0.3, 0.4) is 0 Å². The molecule has 0 atom stereocenters. The van der Waals surface area contributed by atoms with Gasteiger partial charge in [0.2, 0.25) is 0 Å². The Bertz CT molecular complexity index is 572. The summed E-state index contributed by atoms with van der Waals surface area (Å²) in [5.74, 6) is -1.62. The molecule has 18 heavy (non-hydrogen) atoms. The van der Waals surface area contributed by atoms with Gasteiger partial charge < -0.3 is 4.74 Å². The summed E-state index contributed by atoms with van der Waals surface area (Å²) in [5, 5.41) is 0. The predicted molar refractivity (Wildman–Crippen MR) is 64.3 cm³/mol. The van der Waals surface area contributed by atoms with Crippen LogP contribution in [-0.4, -0.2) is 0 Å². The van der Waals surface area contributed by atoms with Gasteiger partial charge in [0.1, 0.15) is 29.8 Å². The fraction of sp³-hybridized carbons (Fsp3) is 0.0769. The molecule has 0 saturated heterocycles. The molecule has 0 bridgehead atoms. The lowest BCUT2D eigenvalue weighted by Gasteiger charge is -2.09. The number of ether oxygens (including phenoxy) is 1. The van der Waals surface area contributed by atoms with Gasteiger partial charge in [0, 0.05) is 22.6 Å². The Labute approximate surface area is 108 Å². The van der Waals surface area contributed by atoms with E-state index in [1.54, 1.807) is 0 Å². The highest BCUT2D eigenvalue weighted by Crippen LogP contribution is 2.24. The van der Waals surface area contributed by atoms with Crippen molar-refractivity contribution < 1.29 is 17.9 Å². The van der Waals surface area contributed by atoms with E-state index in [1.807, 2.05) is 0 Å². The van der Waals surface area contributed by atoms with Crippen molar-refractivity contribution in [1.29, 1.82) is 0 Å². The van der Waals surface area contributed by atoms with E-state index in [9.17, 15) is 13.2 Å². The minimum Gasteiger partial charge on any atom is -0.488 e. The number of benzene rings is 2. The van der Waals surface area contributed by atoms with Crippen LogP contribution < -0.4 is 4.74 Å². The SMILES string of the molecule is Fc1ccc(COc2cc(F)ccc2S)c(F)c1. The van der Waals surface area contributed by atoms with Crippen molar-refractivity contribution in [2.45, 2.75) is 11.5 Å². The lowest BCUT2D eigenvalue weighted by Crippen LogP contribution is -2.00. The highest BCUT2D eigenvalue weighted by molar-refractivity contribution is 7.80. The molecule has 0 aliphatic rings. The van der Waals surface area contributed by atoms with Crippen molar-refractivity contribution in [1.82, 2.24) is 0 Å². The van der Waals surface area contributed by atoms with Crippen LogP contribution in [0.5, 0.6) is 5.75 Å². The summed E-state index contributed by atoms with van der Waals surface area (Å²) in [5.41, 5.74) is 0.188. The Morgan fingerprint density at radius 1 is 0.944 bits per heavy atom. The molecule has 0 aliphatic heterocycles. The maximum atomic E-state index is 13.3. The van der Waals surface area contributed by atoms with E-state index in [2.05, 4.69) is 12.6 Å². The van der Waals surface area contributed by atoms with E-state index in [0.29, 0.717) is 4.90 Å². The molecule has 1 nitrogen and oxygen atoms in total. The largest absolute Gasteiger partial charge is 0.488 e. The van der Waals surface area contributed by atoms with Crippen LogP contribution >= 0.6 is 12.6 Å². The van der Waals surface area contributed by atoms with E-state index in [1.165, 1.54) is 18.2 Å². The van der Waals surface area contributed by atoms with Crippen LogP contribution in [0.25, 0.3) is 0 Å². The molecule has 0 saturated carbocycles. The zero-order chi connectivity index (χ0) is 13.1. The lowest BCUT2D eigenvalue weighted by molar-refractivity contribution is 0.291. The average molecular weight is 270 g/mol. The number of halogens is 3. The molecule has 0 spiro atoms. The molecule has 2 rings (SSSR count). The van der Waals surface area contributed by atoms with E-state index < -0.39 is 17.5 Å². The van der Waals surface area contributed by atoms with Crippen molar-refractivity contribution in [3.8, 4) is 5.75 Å². The van der Waals surface area contributed by atoms with Crippen LogP contribution in [0.1, 0.15) is 5.56 Å². The zero-order valence-electron chi connectivity index (χ0n) is 9.16. The average Bonchev–Trinajstić information content (AvgIpc) is 2.32. The molecule has 0 N–H and O–H groups in total. The van der Waals surface area contributed by atoms with Gasteiger partial charge in [0.05, 0.1) is 0 Å². The summed E-state index contributed by atoms with van der Waals surface area (Å²) in [6.45, 7) is -0.122. The third kappa shape index (κ3) is 2.98. The summed E-state index contributed by atoms with van der Waals surface area (Å²) in [7, 11) is 0. The van der Waals surface area contributed by atoms with E-state index in [0.717, 1.165) is 18.2 Å². The molecule has 5 heteroatoms. The van der Waals surface area contributed by atoms with Crippen molar-refractivity contribution in [3.63, 3.8) is 0 Å². The minimum atomic E-state index is -0.702. The van der Waals surface area contributed by atoms with Crippen LogP contribution in [0.15, 0.2) is 41.3 Å². The van der Waals surface area contributed by atoms with Crippen molar-refractivity contribution >= 4 is 12.6 Å². The van der Waals surface area contributed by atoms with Crippen molar-refractivity contribution in [3.05, 3.63) is 59.4 Å². The molecule has 0 radical (unpaired) electrons. The van der Waals surface area contributed by atoms with Crippen LogP contribution in [0.2, 0.25) is 0 Å². The highest BCUT2D eigenvalue weighted by atomic mass is 32.1. The molecule has 0 fully saturated rings. The summed E-state index contributed by atoms with van der Waals surface area (Å²) in [6, 6.07) is 7.02. The van der Waals surface area contributed by atoms with Gasteiger partial charge in [-0.2, -0.15) is 0 Å². The fourth-order valence-electron chi connectivity index (χ4n) is 1.40. The van der Waals surface area contributed by atoms with E-state index in [-0.39, 0.29) is 17.9 Å². The van der Waals surface area contributed by atoms with Gasteiger partial charge in [-0.05, 0) is 24.3 Å². The highest BCUT2D eigenvalue weighted by Gasteiger charge is 2.07. The third-order valence-corrected chi connectivity index (χ3v) is 2.69. The topological polar surface area (TPSA) is 9.23 Å². The fourth-order valence-corrected chi connectivity index (χ4v) is 1.60. The quantitative estimate of drug-likeness (QED) is 0.830. The molecule has 0 aliphatic carbocycles. The second-order valence-electron chi connectivity index (χ2n) is 3.64. The molecular formula is C13H9F3OS. The van der Waals surface area contributed by atoms with Crippen molar-refractivity contribution in [2.75, 3.05) is 0 Å². The molecule has 2 aromatic carbocycles. The van der Waals surface area contributed by atoms with E-state index >= 15 is 0 Å². The molecule has 2 aromatic rings. The zero-order valence-corrected chi connectivity index (χ0v) is 10.1. The standard InChI is InChI=1S/C13H9F3OS/c14-9-2-1-8(11(16)5-9)7-17-12-6-10(15)3-4-13(12)18/h1-6,18H,7H2. The number of hydrogen-bond acceptors (Lipinski definition) is 2. The first-order chi connectivity index (χ1) is 8.56. The Morgan fingerprint density at radius 3 is 2.33 bits per heavy atom. The molecular weight excluding hydrogens is 261 g/mol. The van der Waals surface area contributed by atoms with Gasteiger partial charge in [0.25, 0.3) is 0 Å². The van der Waals surface area contributed by atoms with Crippen LogP contribution in [-0.2, 0) is 6.61 Å². The Hall–Kier alpha value is -1.62. The Morgan fingerprint density at radius 2 is 1.61 bits per heavy atom. The minimum absolute atomic E-state index is 0.122. The first-order valence-electron chi connectivity index (χ1n) is 5.11. The summed E-state index contributed by atoms with van der Waals surface area (Å²) >= 11 is 4.09. The van der Waals surface area contributed by atoms with Crippen LogP contribution in [0.4, 0.5) is 13.2 Å². The maximum absolute atomic E-state index is 13.3. The Balaban J connectivity index is 2.13. The van der Waals surface area contributed by atoms with Gasteiger partial charge >= 0.3 is 0 Å². The van der Waals surface area contributed by atoms with Gasteiger partial charge in [-0.3, -0.25) is 0 Å². The second kappa shape index (κ2) is 5.35. The summed E-state index contributed by atoms with van der Waals surface area (Å²) in [6.07, 6.45) is 0. The molecule has 0 heterocycles. The number of rotatable bonds is 3. The maximum Gasteiger partial charge on any atom is 0.136 e. The first kappa shape index (κ1) is 12.8. The lowest BCUT2D eigenvalue weighted by atomic mass is 10.2. The van der Waals surface area contributed by atoms with Gasteiger partial charge in [-0.15, -0.1) is 12.6 Å². The van der Waals surface area contributed by atoms with E-state index in [4.69, 9.17) is 4.74 Å². The molecule has 94 valence electrons. The van der Waals surface area contributed by atoms with Gasteiger partial charge in [0.15, 0.2) is 0 Å². The number of hydrogen-bond donors (Lipinski definition) is 1. The van der Waals surface area contributed by atoms with Gasteiger partial charge in [-0.25, -0.2) is 13.2 Å². The second-order valence-corrected chi connectivity index (χ2v) is 4.12. The van der Waals surface area contributed by atoms with Crippen LogP contribution in [0, 0.1) is 17.5 Å². The molecule has 0 amide bonds. The third-order valence-electron chi connectivity index (χ3n) is 2.32. The van der Waals surface area contributed by atoms with Gasteiger partial charge in [-0.1, -0.05) is 0 Å². The smallest absolute Gasteiger partial charge is 0.136 e. The van der Waals surface area contributed by atoms with Crippen molar-refractivity contribution in [2.24, 2.45) is 0 Å².